The number of carboxylic acid groups (broad SMARTS) is 1. The van der Waals surface area contributed by atoms with E-state index in [1.165, 1.54) is 4.90 Å². The van der Waals surface area contributed by atoms with E-state index in [1.807, 2.05) is 13.0 Å². The molecule has 0 aromatic heterocycles. The van der Waals surface area contributed by atoms with E-state index in [0.29, 0.717) is 0 Å². The average molecular weight is 266 g/mol. The third-order valence-electron chi connectivity index (χ3n) is 2.87. The number of nitrogens with one attached hydrogen (secondary N) is 1. The van der Waals surface area contributed by atoms with Gasteiger partial charge in [-0.1, -0.05) is 12.1 Å². The van der Waals surface area contributed by atoms with Crippen molar-refractivity contribution in [2.75, 3.05) is 13.6 Å². The Morgan fingerprint density at radius 3 is 2.68 bits per heavy atom. The zero-order chi connectivity index (χ0) is 14.4. The van der Waals surface area contributed by atoms with E-state index in [2.05, 4.69) is 5.32 Å². The van der Waals surface area contributed by atoms with Gasteiger partial charge in [0.2, 0.25) is 0 Å². The maximum Gasteiger partial charge on any atom is 0.317 e. The molecule has 104 valence electrons. The summed E-state index contributed by atoms with van der Waals surface area (Å²) in [7, 11) is 1.62. The second-order valence-electron chi connectivity index (χ2n) is 4.26. The SMILES string of the molecule is CC(c1cccc(O)c1)N(C)C(=O)NCCC(=O)O. The fourth-order valence-corrected chi connectivity index (χ4v) is 1.59. The number of carbonyl (C=O) groups is 2. The van der Waals surface area contributed by atoms with Gasteiger partial charge in [0.15, 0.2) is 0 Å². The Kier molecular flexibility index (Phi) is 5.17. The van der Waals surface area contributed by atoms with E-state index in [1.54, 1.807) is 25.2 Å². The number of hydrogen-bond donors (Lipinski definition) is 3. The molecule has 0 heterocycles. The highest BCUT2D eigenvalue weighted by Gasteiger charge is 2.17. The predicted molar refractivity (Wildman–Crippen MR) is 69.9 cm³/mol. The number of phenols is 1. The average Bonchev–Trinajstić information content (AvgIpc) is 2.36. The fourth-order valence-electron chi connectivity index (χ4n) is 1.59. The lowest BCUT2D eigenvalue weighted by atomic mass is 10.1. The summed E-state index contributed by atoms with van der Waals surface area (Å²) in [6.07, 6.45) is -0.111. The van der Waals surface area contributed by atoms with Crippen molar-refractivity contribution in [2.45, 2.75) is 19.4 Å². The van der Waals surface area contributed by atoms with Crippen LogP contribution in [-0.2, 0) is 4.79 Å². The molecule has 6 nitrogen and oxygen atoms in total. The largest absolute Gasteiger partial charge is 0.508 e. The first-order valence-corrected chi connectivity index (χ1v) is 5.93. The first kappa shape index (κ1) is 14.8. The Bertz CT molecular complexity index is 462. The number of aromatic hydroxyl groups is 1. The lowest BCUT2D eigenvalue weighted by Gasteiger charge is -2.25. The molecule has 3 N–H and O–H groups in total. The molecule has 1 aromatic rings. The van der Waals surface area contributed by atoms with Gasteiger partial charge in [-0.3, -0.25) is 4.79 Å². The molecule has 1 atom stereocenters. The minimum atomic E-state index is -0.955. The molecule has 0 aliphatic rings. The zero-order valence-corrected chi connectivity index (χ0v) is 11.0. The summed E-state index contributed by atoms with van der Waals surface area (Å²) >= 11 is 0. The molecule has 0 saturated carbocycles. The van der Waals surface area contributed by atoms with Gasteiger partial charge in [-0.25, -0.2) is 4.79 Å². The van der Waals surface area contributed by atoms with Crippen LogP contribution in [-0.4, -0.2) is 40.7 Å². The number of benzene rings is 1. The number of urea groups is 1. The summed E-state index contributed by atoms with van der Waals surface area (Å²) in [4.78, 5) is 23.6. The van der Waals surface area contributed by atoms with Crippen LogP contribution < -0.4 is 5.32 Å². The van der Waals surface area contributed by atoms with Crippen molar-refractivity contribution < 1.29 is 19.8 Å². The highest BCUT2D eigenvalue weighted by atomic mass is 16.4. The van der Waals surface area contributed by atoms with Crippen LogP contribution in [0.1, 0.15) is 24.9 Å². The molecule has 0 aliphatic carbocycles. The standard InChI is InChI=1S/C13H18N2O4/c1-9(10-4-3-5-11(16)8-10)15(2)13(19)14-7-6-12(17)18/h3-5,8-9,16H,6-7H2,1-2H3,(H,14,19)(H,17,18). The number of phenolic OH excluding ortho intramolecular Hbond substituents is 1. The lowest BCUT2D eigenvalue weighted by Crippen LogP contribution is -2.39. The Balaban J connectivity index is 2.58. The van der Waals surface area contributed by atoms with Crippen LogP contribution in [0.25, 0.3) is 0 Å². The van der Waals surface area contributed by atoms with Crippen LogP contribution in [0.4, 0.5) is 4.79 Å². The van der Waals surface area contributed by atoms with E-state index in [0.717, 1.165) is 5.56 Å². The van der Waals surface area contributed by atoms with Gasteiger partial charge in [0.05, 0.1) is 12.5 Å². The smallest absolute Gasteiger partial charge is 0.317 e. The van der Waals surface area contributed by atoms with Crippen molar-refractivity contribution in [3.05, 3.63) is 29.8 Å². The zero-order valence-electron chi connectivity index (χ0n) is 11.0. The summed E-state index contributed by atoms with van der Waals surface area (Å²) in [5.41, 5.74) is 0.802. The maximum absolute atomic E-state index is 11.8. The minimum absolute atomic E-state index is 0.0886. The molecular formula is C13H18N2O4. The number of aliphatic carboxylic acids is 1. The lowest BCUT2D eigenvalue weighted by molar-refractivity contribution is -0.136. The highest BCUT2D eigenvalue weighted by molar-refractivity contribution is 5.75. The molecule has 1 rings (SSSR count). The molecule has 0 bridgehead atoms. The van der Waals surface area contributed by atoms with Crippen molar-refractivity contribution >= 4 is 12.0 Å². The predicted octanol–water partition coefficient (Wildman–Crippen LogP) is 1.57. The van der Waals surface area contributed by atoms with Gasteiger partial charge in [-0.05, 0) is 24.6 Å². The number of carbonyl (C=O) groups excluding carboxylic acids is 1. The molecular weight excluding hydrogens is 248 g/mol. The molecule has 1 unspecified atom stereocenters. The first-order valence-electron chi connectivity index (χ1n) is 5.93. The fraction of sp³-hybridized carbons (Fsp3) is 0.385. The van der Waals surface area contributed by atoms with Gasteiger partial charge in [-0.15, -0.1) is 0 Å². The summed E-state index contributed by atoms with van der Waals surface area (Å²) in [5.74, 6) is -0.812. The first-order chi connectivity index (χ1) is 8.91. The van der Waals surface area contributed by atoms with Gasteiger partial charge in [-0.2, -0.15) is 0 Å². The van der Waals surface area contributed by atoms with Crippen LogP contribution in [0.5, 0.6) is 5.75 Å². The quantitative estimate of drug-likeness (QED) is 0.754. The van der Waals surface area contributed by atoms with Crippen molar-refractivity contribution in [1.82, 2.24) is 10.2 Å². The Morgan fingerprint density at radius 1 is 1.42 bits per heavy atom. The van der Waals surface area contributed by atoms with Crippen molar-refractivity contribution in [3.63, 3.8) is 0 Å². The topological polar surface area (TPSA) is 89.9 Å². The molecule has 0 radical (unpaired) electrons. The Morgan fingerprint density at radius 2 is 2.11 bits per heavy atom. The number of amides is 2. The second-order valence-corrected chi connectivity index (χ2v) is 4.26. The van der Waals surface area contributed by atoms with Crippen LogP contribution in [0.3, 0.4) is 0 Å². The van der Waals surface area contributed by atoms with E-state index in [9.17, 15) is 14.7 Å². The Labute approximate surface area is 111 Å². The Hall–Kier alpha value is -2.24. The van der Waals surface area contributed by atoms with Crippen LogP contribution >= 0.6 is 0 Å². The molecule has 1 aromatic carbocycles. The van der Waals surface area contributed by atoms with Crippen molar-refractivity contribution in [2.24, 2.45) is 0 Å². The van der Waals surface area contributed by atoms with Crippen LogP contribution in [0.15, 0.2) is 24.3 Å². The van der Waals surface area contributed by atoms with E-state index < -0.39 is 5.97 Å². The molecule has 0 saturated heterocycles. The normalized spacial score (nSPS) is 11.7. The third-order valence-corrected chi connectivity index (χ3v) is 2.87. The van der Waals surface area contributed by atoms with E-state index >= 15 is 0 Å². The number of rotatable bonds is 5. The van der Waals surface area contributed by atoms with E-state index in [4.69, 9.17) is 5.11 Å². The summed E-state index contributed by atoms with van der Waals surface area (Å²) in [6, 6.07) is 6.09. The monoisotopic (exact) mass is 266 g/mol. The molecule has 0 fully saturated rings. The number of hydrogen-bond acceptors (Lipinski definition) is 3. The molecule has 0 spiro atoms. The third kappa shape index (κ3) is 4.50. The number of nitrogens with zero attached hydrogens (tertiary/aromatic N) is 1. The van der Waals surface area contributed by atoms with Crippen molar-refractivity contribution in [3.8, 4) is 5.75 Å². The van der Waals surface area contributed by atoms with Gasteiger partial charge in [0.25, 0.3) is 0 Å². The van der Waals surface area contributed by atoms with Gasteiger partial charge in [0.1, 0.15) is 5.75 Å². The van der Waals surface area contributed by atoms with Crippen molar-refractivity contribution in [1.29, 1.82) is 0 Å². The molecule has 0 aliphatic heterocycles. The second kappa shape index (κ2) is 6.63. The number of carboxylic acids is 1. The van der Waals surface area contributed by atoms with Crippen LogP contribution in [0.2, 0.25) is 0 Å². The maximum atomic E-state index is 11.8. The summed E-state index contributed by atoms with van der Waals surface area (Å²) < 4.78 is 0. The molecule has 2 amide bonds. The molecule has 19 heavy (non-hydrogen) atoms. The van der Waals surface area contributed by atoms with Gasteiger partial charge in [0, 0.05) is 13.6 Å². The minimum Gasteiger partial charge on any atom is -0.508 e. The van der Waals surface area contributed by atoms with E-state index in [-0.39, 0.29) is 30.8 Å². The van der Waals surface area contributed by atoms with Crippen LogP contribution in [0, 0.1) is 0 Å². The summed E-state index contributed by atoms with van der Waals surface area (Å²) in [6.45, 7) is 1.91. The van der Waals surface area contributed by atoms with Gasteiger partial charge < -0.3 is 20.4 Å². The molecule has 6 heteroatoms. The highest BCUT2D eigenvalue weighted by Crippen LogP contribution is 2.22. The van der Waals surface area contributed by atoms with Gasteiger partial charge >= 0.3 is 12.0 Å². The summed E-state index contributed by atoms with van der Waals surface area (Å²) in [5, 5.41) is 20.4.